The highest BCUT2D eigenvalue weighted by atomic mass is 32.1. The highest BCUT2D eigenvalue weighted by molar-refractivity contribution is 7.29. The number of carbonyl (C=O) groups is 1. The number of hydrogen-bond acceptors (Lipinski definition) is 9. The first-order chi connectivity index (χ1) is 16.2. The molecule has 3 unspecified atom stereocenters. The Bertz CT molecular complexity index is 1240. The summed E-state index contributed by atoms with van der Waals surface area (Å²) in [6.45, 7) is 6.89. The summed E-state index contributed by atoms with van der Waals surface area (Å²) < 4.78 is 21.8. The number of halogens is 1. The summed E-state index contributed by atoms with van der Waals surface area (Å²) in [4.78, 5) is 25.2. The Morgan fingerprint density at radius 3 is 2.85 bits per heavy atom. The van der Waals surface area contributed by atoms with E-state index in [-0.39, 0.29) is 36.0 Å². The van der Waals surface area contributed by atoms with Gasteiger partial charge in [0.15, 0.2) is 11.6 Å². The van der Waals surface area contributed by atoms with Crippen molar-refractivity contribution in [3.05, 3.63) is 33.0 Å². The summed E-state index contributed by atoms with van der Waals surface area (Å²) in [6.07, 6.45) is 1.84. The normalized spacial score (nSPS) is 22.5. The minimum atomic E-state index is -0.368. The number of nitrogens with one attached hydrogen (secondary N) is 1. The lowest BCUT2D eigenvalue weighted by Gasteiger charge is -2.27. The van der Waals surface area contributed by atoms with Gasteiger partial charge in [0.25, 0.3) is 5.91 Å². The van der Waals surface area contributed by atoms with E-state index in [1.54, 1.807) is 6.07 Å². The second-order valence-electron chi connectivity index (χ2n) is 9.32. The van der Waals surface area contributed by atoms with Crippen molar-refractivity contribution in [1.29, 1.82) is 0 Å². The third kappa shape index (κ3) is 4.37. The Morgan fingerprint density at radius 2 is 2.12 bits per heavy atom. The van der Waals surface area contributed by atoms with Crippen LogP contribution in [0.3, 0.4) is 0 Å². The molecule has 2 aliphatic rings. The summed E-state index contributed by atoms with van der Waals surface area (Å²) in [5.41, 5.74) is 14.6. The number of nitrogen functional groups attached to an aromatic ring is 1. The lowest BCUT2D eigenvalue weighted by molar-refractivity contribution is 0.0127. The molecule has 5 N–H and O–H groups in total. The first-order valence-corrected chi connectivity index (χ1v) is 13.1. The number of aryl methyl sites for hydroxylation is 2. The highest BCUT2D eigenvalue weighted by Crippen LogP contribution is 2.37. The van der Waals surface area contributed by atoms with Crippen molar-refractivity contribution in [2.75, 3.05) is 23.7 Å². The molecule has 0 spiro atoms. The van der Waals surface area contributed by atoms with Crippen molar-refractivity contribution in [3.63, 3.8) is 0 Å². The second kappa shape index (κ2) is 9.03. The van der Waals surface area contributed by atoms with Gasteiger partial charge >= 0.3 is 0 Å². The van der Waals surface area contributed by atoms with Crippen LogP contribution in [0.1, 0.15) is 46.2 Å². The Morgan fingerprint density at radius 1 is 1.32 bits per heavy atom. The standard InChI is InChI=1S/C23H29FN6O2S2/c1-10(2)32-17-9-30(8-15(17)25)21-14(24)7-12-6-13(4-5-16(12)29-21)28-22(31)19-18(26)20-23(34-19)27-11(3)33-20/h7,10,13,15,17H,4-6,8-9,25-26H2,1-3H3,(H,28,31). The highest BCUT2D eigenvalue weighted by Gasteiger charge is 2.34. The van der Waals surface area contributed by atoms with Crippen molar-refractivity contribution in [2.24, 2.45) is 5.73 Å². The van der Waals surface area contributed by atoms with Crippen LogP contribution in [0.5, 0.6) is 0 Å². The number of nitrogens with zero attached hydrogens (tertiary/aromatic N) is 3. The van der Waals surface area contributed by atoms with Crippen LogP contribution >= 0.6 is 22.7 Å². The van der Waals surface area contributed by atoms with Gasteiger partial charge in [-0.15, -0.1) is 22.7 Å². The summed E-state index contributed by atoms with van der Waals surface area (Å²) in [7, 11) is 0. The number of nitrogens with two attached hydrogens (primary N) is 2. The van der Waals surface area contributed by atoms with Crippen molar-refractivity contribution >= 4 is 49.6 Å². The van der Waals surface area contributed by atoms with Crippen LogP contribution in [-0.4, -0.2) is 53.3 Å². The predicted octanol–water partition coefficient (Wildman–Crippen LogP) is 3.01. The van der Waals surface area contributed by atoms with E-state index < -0.39 is 0 Å². The number of aromatic nitrogens is 2. The van der Waals surface area contributed by atoms with Gasteiger partial charge in [0.2, 0.25) is 0 Å². The molecular formula is C23H29FN6O2S2. The first-order valence-electron chi connectivity index (χ1n) is 11.5. The van der Waals surface area contributed by atoms with Gasteiger partial charge < -0.3 is 26.4 Å². The van der Waals surface area contributed by atoms with Gasteiger partial charge in [0, 0.05) is 24.8 Å². The van der Waals surface area contributed by atoms with Crippen LogP contribution in [0.25, 0.3) is 9.53 Å². The maximum absolute atomic E-state index is 15.1. The SMILES string of the molecule is Cc1nc2sc(C(=O)NC3CCc4nc(N5CC(N)C(OC(C)C)C5)c(F)cc4C3)c(N)c2s1. The summed E-state index contributed by atoms with van der Waals surface area (Å²) in [5, 5.41) is 4.00. The number of amides is 1. The van der Waals surface area contributed by atoms with E-state index in [1.165, 1.54) is 22.7 Å². The Hall–Kier alpha value is -2.34. The topological polar surface area (TPSA) is 119 Å². The molecule has 4 heterocycles. The molecule has 1 aliphatic heterocycles. The molecule has 3 atom stereocenters. The van der Waals surface area contributed by atoms with Gasteiger partial charge in [-0.2, -0.15) is 0 Å². The molecule has 0 bridgehead atoms. The molecule has 0 radical (unpaired) electrons. The van der Waals surface area contributed by atoms with E-state index in [1.807, 2.05) is 25.7 Å². The predicted molar refractivity (Wildman–Crippen MR) is 134 cm³/mol. The Balaban J connectivity index is 1.28. The molecule has 1 aliphatic carbocycles. The van der Waals surface area contributed by atoms with E-state index in [2.05, 4.69) is 15.3 Å². The molecule has 3 aromatic rings. The van der Waals surface area contributed by atoms with Crippen LogP contribution < -0.4 is 21.7 Å². The molecule has 0 saturated carbocycles. The Labute approximate surface area is 205 Å². The number of thiazole rings is 1. The number of hydrogen-bond donors (Lipinski definition) is 3. The van der Waals surface area contributed by atoms with Gasteiger partial charge in [-0.25, -0.2) is 14.4 Å². The average Bonchev–Trinajstić information content (AvgIpc) is 3.40. The van der Waals surface area contributed by atoms with Crippen molar-refractivity contribution in [1.82, 2.24) is 15.3 Å². The summed E-state index contributed by atoms with van der Waals surface area (Å²) in [6, 6.07) is 1.27. The third-order valence-corrected chi connectivity index (χ3v) is 8.54. The molecule has 11 heteroatoms. The largest absolute Gasteiger partial charge is 0.396 e. The van der Waals surface area contributed by atoms with E-state index in [4.69, 9.17) is 16.2 Å². The van der Waals surface area contributed by atoms with E-state index in [0.717, 1.165) is 32.2 Å². The average molecular weight is 505 g/mol. The van der Waals surface area contributed by atoms with Crippen LogP contribution in [-0.2, 0) is 17.6 Å². The number of ether oxygens (including phenoxy) is 1. The van der Waals surface area contributed by atoms with Crippen LogP contribution in [0.2, 0.25) is 0 Å². The molecule has 8 nitrogen and oxygen atoms in total. The third-order valence-electron chi connectivity index (χ3n) is 6.31. The van der Waals surface area contributed by atoms with Crippen molar-refractivity contribution in [2.45, 2.75) is 64.3 Å². The minimum absolute atomic E-state index is 0.0608. The van der Waals surface area contributed by atoms with Crippen LogP contribution in [0.15, 0.2) is 6.07 Å². The molecule has 5 rings (SSSR count). The quantitative estimate of drug-likeness (QED) is 0.489. The van der Waals surface area contributed by atoms with Crippen molar-refractivity contribution in [3.8, 4) is 0 Å². The fraction of sp³-hybridized carbons (Fsp3) is 0.522. The molecule has 182 valence electrons. The molecule has 1 amide bonds. The summed E-state index contributed by atoms with van der Waals surface area (Å²) in [5.74, 6) is -0.237. The van der Waals surface area contributed by atoms with Gasteiger partial charge in [-0.1, -0.05) is 0 Å². The number of carbonyl (C=O) groups excluding carboxylic acids is 1. The number of anilines is 2. The number of fused-ring (bicyclic) bond motifs is 2. The van der Waals surface area contributed by atoms with Gasteiger partial charge in [-0.3, -0.25) is 4.79 Å². The Kier molecular flexibility index (Phi) is 6.21. The van der Waals surface area contributed by atoms with Crippen LogP contribution in [0, 0.1) is 12.7 Å². The molecule has 34 heavy (non-hydrogen) atoms. The zero-order chi connectivity index (χ0) is 24.1. The van der Waals surface area contributed by atoms with E-state index in [0.29, 0.717) is 42.3 Å². The zero-order valence-electron chi connectivity index (χ0n) is 19.4. The fourth-order valence-corrected chi connectivity index (χ4v) is 6.85. The lowest BCUT2D eigenvalue weighted by atomic mass is 9.91. The molecule has 3 aromatic heterocycles. The van der Waals surface area contributed by atoms with Gasteiger partial charge in [0.1, 0.15) is 9.71 Å². The smallest absolute Gasteiger partial charge is 0.263 e. The van der Waals surface area contributed by atoms with E-state index >= 15 is 4.39 Å². The van der Waals surface area contributed by atoms with Gasteiger partial charge in [0.05, 0.1) is 33.6 Å². The van der Waals surface area contributed by atoms with E-state index in [9.17, 15) is 4.79 Å². The maximum atomic E-state index is 15.1. The zero-order valence-corrected chi connectivity index (χ0v) is 21.1. The number of thiophene rings is 1. The number of rotatable bonds is 5. The number of pyridine rings is 1. The first kappa shape index (κ1) is 23.4. The molecule has 1 saturated heterocycles. The lowest BCUT2D eigenvalue weighted by Crippen LogP contribution is -2.39. The van der Waals surface area contributed by atoms with Crippen LogP contribution in [0.4, 0.5) is 15.9 Å². The summed E-state index contributed by atoms with van der Waals surface area (Å²) >= 11 is 2.81. The second-order valence-corrected chi connectivity index (χ2v) is 11.5. The maximum Gasteiger partial charge on any atom is 0.263 e. The van der Waals surface area contributed by atoms with Crippen molar-refractivity contribution < 1.29 is 13.9 Å². The molecule has 0 aromatic carbocycles. The molecular weight excluding hydrogens is 475 g/mol. The monoisotopic (exact) mass is 504 g/mol. The minimum Gasteiger partial charge on any atom is -0.396 e. The fourth-order valence-electron chi connectivity index (χ4n) is 4.76. The van der Waals surface area contributed by atoms with Gasteiger partial charge in [-0.05, 0) is 51.7 Å². The molecule has 1 fully saturated rings.